The third kappa shape index (κ3) is 24.9. The van der Waals surface area contributed by atoms with Crippen LogP contribution in [0.1, 0.15) is 103 Å². The lowest BCUT2D eigenvalue weighted by Gasteiger charge is -2.07. The first-order valence-electron chi connectivity index (χ1n) is 13.3. The molecule has 0 aromatic carbocycles. The maximum absolute atomic E-state index is 11.7. The van der Waals surface area contributed by atoms with Crippen LogP contribution >= 0.6 is 0 Å². The molecule has 0 aliphatic rings. The van der Waals surface area contributed by atoms with Crippen molar-refractivity contribution in [1.82, 2.24) is 0 Å². The molecule has 0 saturated carbocycles. The molecule has 0 aromatic rings. The van der Waals surface area contributed by atoms with Gasteiger partial charge >= 0.3 is 23.9 Å². The van der Waals surface area contributed by atoms with Crippen LogP contribution in [-0.2, 0) is 38.1 Å². The Bertz CT molecular complexity index is 529. The summed E-state index contributed by atoms with van der Waals surface area (Å²) in [6, 6.07) is 0. The molecule has 0 amide bonds. The van der Waals surface area contributed by atoms with Crippen LogP contribution in [0.25, 0.3) is 0 Å². The highest BCUT2D eigenvalue weighted by Gasteiger charge is 2.10. The predicted molar refractivity (Wildman–Crippen MR) is 132 cm³/mol. The van der Waals surface area contributed by atoms with Gasteiger partial charge in [-0.3, -0.25) is 19.2 Å². The van der Waals surface area contributed by atoms with E-state index in [1.54, 1.807) is 0 Å². The number of aliphatic hydroxyl groups is 2. The lowest BCUT2D eigenvalue weighted by molar-refractivity contribution is -0.150. The van der Waals surface area contributed by atoms with Crippen LogP contribution in [-0.4, -0.2) is 73.7 Å². The van der Waals surface area contributed by atoms with E-state index < -0.39 is 23.9 Å². The van der Waals surface area contributed by atoms with Gasteiger partial charge < -0.3 is 29.2 Å². The number of carbonyl (C=O) groups excluding carboxylic acids is 4. The highest BCUT2D eigenvalue weighted by atomic mass is 16.5. The van der Waals surface area contributed by atoms with Crippen molar-refractivity contribution in [3.05, 3.63) is 0 Å². The minimum absolute atomic E-state index is 0.00251. The minimum Gasteiger partial charge on any atom is -0.466 e. The molecule has 0 radical (unpaired) electrons. The summed E-state index contributed by atoms with van der Waals surface area (Å²) in [5, 5.41) is 17.4. The summed E-state index contributed by atoms with van der Waals surface area (Å²) >= 11 is 0. The second-order valence-corrected chi connectivity index (χ2v) is 8.57. The van der Waals surface area contributed by atoms with Crippen molar-refractivity contribution < 1.29 is 48.3 Å². The van der Waals surface area contributed by atoms with Gasteiger partial charge in [-0.05, 0) is 64.2 Å². The number of aliphatic hydroxyl groups excluding tert-OH is 2. The lowest BCUT2D eigenvalue weighted by Crippen LogP contribution is -2.12. The Morgan fingerprint density at radius 2 is 0.583 bits per heavy atom. The van der Waals surface area contributed by atoms with Gasteiger partial charge in [-0.15, -0.1) is 0 Å². The summed E-state index contributed by atoms with van der Waals surface area (Å²) in [7, 11) is 0. The van der Waals surface area contributed by atoms with E-state index in [9.17, 15) is 19.2 Å². The Hall–Kier alpha value is -2.20. The molecule has 0 aliphatic heterocycles. The van der Waals surface area contributed by atoms with E-state index in [1.807, 2.05) is 0 Å². The number of unbranched alkanes of at least 4 members (excludes halogenated alkanes) is 9. The van der Waals surface area contributed by atoms with Crippen molar-refractivity contribution in [2.75, 3.05) is 39.6 Å². The third-order valence-corrected chi connectivity index (χ3v) is 5.26. The van der Waals surface area contributed by atoms with Crippen molar-refractivity contribution in [3.8, 4) is 0 Å². The fourth-order valence-corrected chi connectivity index (χ4v) is 3.13. The van der Waals surface area contributed by atoms with Gasteiger partial charge in [0.15, 0.2) is 0 Å². The van der Waals surface area contributed by atoms with Crippen LogP contribution in [0, 0.1) is 0 Å². The Labute approximate surface area is 215 Å². The Morgan fingerprint density at radius 1 is 0.361 bits per heavy atom. The maximum atomic E-state index is 11.7. The highest BCUT2D eigenvalue weighted by molar-refractivity contribution is 5.78. The van der Waals surface area contributed by atoms with E-state index in [2.05, 4.69) is 0 Å². The molecule has 0 atom stereocenters. The summed E-state index contributed by atoms with van der Waals surface area (Å²) in [5.74, 6) is -1.68. The molecule has 210 valence electrons. The zero-order chi connectivity index (χ0) is 26.7. The molecule has 0 aromatic heterocycles. The molecule has 0 saturated heterocycles. The van der Waals surface area contributed by atoms with E-state index in [4.69, 9.17) is 29.2 Å². The van der Waals surface area contributed by atoms with Crippen molar-refractivity contribution in [3.63, 3.8) is 0 Å². The van der Waals surface area contributed by atoms with Crippen LogP contribution in [0.15, 0.2) is 0 Å². The molecule has 0 unspecified atom stereocenters. The van der Waals surface area contributed by atoms with E-state index in [-0.39, 0.29) is 52.1 Å². The first kappa shape index (κ1) is 33.8. The Morgan fingerprint density at radius 3 is 0.806 bits per heavy atom. The van der Waals surface area contributed by atoms with E-state index >= 15 is 0 Å². The molecular formula is C26H46O10. The number of esters is 4. The van der Waals surface area contributed by atoms with Gasteiger partial charge in [0, 0.05) is 13.2 Å². The summed E-state index contributed by atoms with van der Waals surface area (Å²) in [6.07, 6.45) is 9.58. The monoisotopic (exact) mass is 518 g/mol. The lowest BCUT2D eigenvalue weighted by atomic mass is 10.2. The quantitative estimate of drug-likeness (QED) is 0.105. The summed E-state index contributed by atoms with van der Waals surface area (Å²) < 4.78 is 20.3. The summed E-state index contributed by atoms with van der Waals surface area (Å²) in [6.45, 7) is 1.56. The molecule has 0 fully saturated rings. The third-order valence-electron chi connectivity index (χ3n) is 5.26. The van der Waals surface area contributed by atoms with Gasteiger partial charge in [0.2, 0.25) is 0 Å². The number of hydrogen-bond acceptors (Lipinski definition) is 10. The number of hydrogen-bond donors (Lipinski definition) is 2. The molecule has 36 heavy (non-hydrogen) atoms. The molecule has 0 heterocycles. The normalized spacial score (nSPS) is 10.6. The van der Waals surface area contributed by atoms with Gasteiger partial charge in [0.25, 0.3) is 0 Å². The fraction of sp³-hybridized carbons (Fsp3) is 0.846. The molecule has 10 nitrogen and oxygen atoms in total. The Kier molecular flexibility index (Phi) is 24.3. The highest BCUT2D eigenvalue weighted by Crippen LogP contribution is 2.05. The SMILES string of the molecule is O=C(CCC(=O)OCCCCCCOC(=O)CCC(=O)OCCCCCCO)OCCCCCCO. The molecule has 0 bridgehead atoms. The second kappa shape index (κ2) is 25.9. The van der Waals surface area contributed by atoms with Gasteiger partial charge in [0.1, 0.15) is 0 Å². The molecule has 2 N–H and O–H groups in total. The van der Waals surface area contributed by atoms with Gasteiger partial charge in [-0.25, -0.2) is 0 Å². The van der Waals surface area contributed by atoms with E-state index in [0.717, 1.165) is 64.2 Å². The molecule has 0 rings (SSSR count). The van der Waals surface area contributed by atoms with Crippen molar-refractivity contribution >= 4 is 23.9 Å². The maximum Gasteiger partial charge on any atom is 0.306 e. The van der Waals surface area contributed by atoms with Gasteiger partial charge in [0.05, 0.1) is 52.1 Å². The Balaban J connectivity index is 3.46. The molecule has 10 heteroatoms. The van der Waals surface area contributed by atoms with Crippen molar-refractivity contribution in [2.24, 2.45) is 0 Å². The molecule has 0 aliphatic carbocycles. The zero-order valence-electron chi connectivity index (χ0n) is 21.7. The topological polar surface area (TPSA) is 146 Å². The van der Waals surface area contributed by atoms with Crippen molar-refractivity contribution in [2.45, 2.75) is 103 Å². The van der Waals surface area contributed by atoms with Crippen LogP contribution in [0.2, 0.25) is 0 Å². The number of rotatable bonds is 25. The van der Waals surface area contributed by atoms with Gasteiger partial charge in [-0.2, -0.15) is 0 Å². The average Bonchev–Trinajstić information content (AvgIpc) is 2.87. The smallest absolute Gasteiger partial charge is 0.306 e. The van der Waals surface area contributed by atoms with Crippen LogP contribution in [0.5, 0.6) is 0 Å². The zero-order valence-corrected chi connectivity index (χ0v) is 21.7. The summed E-state index contributed by atoms with van der Waals surface area (Å²) in [4.78, 5) is 46.5. The largest absolute Gasteiger partial charge is 0.466 e. The first-order chi connectivity index (χ1) is 17.5. The first-order valence-corrected chi connectivity index (χ1v) is 13.3. The molecule has 0 spiro atoms. The summed E-state index contributed by atoms with van der Waals surface area (Å²) in [5.41, 5.74) is 0. The molecular weight excluding hydrogens is 472 g/mol. The van der Waals surface area contributed by atoms with Crippen LogP contribution < -0.4 is 0 Å². The van der Waals surface area contributed by atoms with Gasteiger partial charge in [-0.1, -0.05) is 12.8 Å². The average molecular weight is 519 g/mol. The van der Waals surface area contributed by atoms with E-state index in [0.29, 0.717) is 26.1 Å². The van der Waals surface area contributed by atoms with E-state index in [1.165, 1.54) is 0 Å². The van der Waals surface area contributed by atoms with Crippen molar-refractivity contribution in [1.29, 1.82) is 0 Å². The number of carbonyl (C=O) groups is 4. The van der Waals surface area contributed by atoms with Crippen LogP contribution in [0.3, 0.4) is 0 Å². The second-order valence-electron chi connectivity index (χ2n) is 8.57. The predicted octanol–water partition coefficient (Wildman–Crippen LogP) is 3.39. The number of ether oxygens (including phenoxy) is 4. The van der Waals surface area contributed by atoms with Crippen LogP contribution in [0.4, 0.5) is 0 Å². The standard InChI is InChI=1S/C26H46O10/c27-17-7-1-3-9-19-33-23(29)13-15-25(31)35-21-11-5-6-12-22-36-26(32)16-14-24(30)34-20-10-4-2-8-18-28/h27-28H,1-22H2. The minimum atomic E-state index is -0.427. The fourth-order valence-electron chi connectivity index (χ4n) is 3.13.